The zero-order valence-corrected chi connectivity index (χ0v) is 15.1. The van der Waals surface area contributed by atoms with Crippen molar-refractivity contribution in [3.05, 3.63) is 18.5 Å². The van der Waals surface area contributed by atoms with Crippen LogP contribution in [-0.2, 0) is 4.57 Å². The lowest BCUT2D eigenvalue weighted by molar-refractivity contribution is 0.172. The molecular formula is C16H21N4O5P. The molecule has 10 heteroatoms. The van der Waals surface area contributed by atoms with Crippen molar-refractivity contribution in [2.24, 2.45) is 0 Å². The summed E-state index contributed by atoms with van der Waals surface area (Å²) in [6.45, 7) is 4.41. The summed E-state index contributed by atoms with van der Waals surface area (Å²) in [7, 11) is -3.95. The Hall–Kier alpha value is -1.93. The lowest BCUT2D eigenvalue weighted by Gasteiger charge is -2.35. The van der Waals surface area contributed by atoms with E-state index in [4.69, 9.17) is 19.3 Å². The zero-order valence-electron chi connectivity index (χ0n) is 14.2. The van der Waals surface area contributed by atoms with Crippen LogP contribution in [0.3, 0.4) is 0 Å². The Morgan fingerprint density at radius 1 is 1.04 bits per heavy atom. The lowest BCUT2D eigenvalue weighted by Crippen LogP contribution is -2.47. The van der Waals surface area contributed by atoms with Crippen molar-refractivity contribution in [3.63, 3.8) is 0 Å². The summed E-state index contributed by atoms with van der Waals surface area (Å²) < 4.78 is 22.3. The van der Waals surface area contributed by atoms with Crippen molar-refractivity contribution in [2.75, 3.05) is 57.0 Å². The van der Waals surface area contributed by atoms with Crippen molar-refractivity contribution in [1.29, 1.82) is 0 Å². The lowest BCUT2D eigenvalue weighted by atomic mass is 10.1. The Labute approximate surface area is 150 Å². The molecule has 26 heavy (non-hydrogen) atoms. The number of rotatable bonds is 4. The summed E-state index contributed by atoms with van der Waals surface area (Å²) in [5, 5.41) is 0.917. The molecule has 1 aromatic carbocycles. The van der Waals surface area contributed by atoms with Crippen molar-refractivity contribution in [2.45, 2.75) is 0 Å². The molecule has 2 aliphatic rings. The third-order valence-electron chi connectivity index (χ3n) is 4.66. The number of nitrogens with zero attached hydrogens (tertiary/aromatic N) is 4. The molecule has 0 atom stereocenters. The maximum atomic E-state index is 11.0. The van der Waals surface area contributed by atoms with Gasteiger partial charge in [-0.3, -0.25) is 9.46 Å². The van der Waals surface area contributed by atoms with Crippen molar-refractivity contribution in [3.8, 4) is 11.5 Å². The molecule has 4 rings (SSSR count). The van der Waals surface area contributed by atoms with Crippen LogP contribution < -0.4 is 14.4 Å². The van der Waals surface area contributed by atoms with E-state index in [0.717, 1.165) is 42.9 Å². The summed E-state index contributed by atoms with van der Waals surface area (Å²) in [5.74, 6) is 2.26. The van der Waals surface area contributed by atoms with Crippen LogP contribution in [0.2, 0.25) is 0 Å². The first-order valence-corrected chi connectivity index (χ1v) is 10.4. The molecule has 0 saturated carbocycles. The highest BCUT2D eigenvalue weighted by Gasteiger charge is 2.23. The number of piperazine rings is 1. The van der Waals surface area contributed by atoms with E-state index in [0.29, 0.717) is 31.3 Å². The van der Waals surface area contributed by atoms with E-state index in [2.05, 4.69) is 19.8 Å². The molecule has 0 bridgehead atoms. The van der Waals surface area contributed by atoms with Gasteiger partial charge in [-0.15, -0.1) is 0 Å². The molecule has 2 aliphatic heterocycles. The Morgan fingerprint density at radius 3 is 2.42 bits per heavy atom. The van der Waals surface area contributed by atoms with Crippen molar-refractivity contribution >= 4 is 24.3 Å². The summed E-state index contributed by atoms with van der Waals surface area (Å²) in [6, 6.07) is 3.81. The topological polar surface area (TPSA) is 108 Å². The van der Waals surface area contributed by atoms with Crippen LogP contribution in [0.5, 0.6) is 11.5 Å². The minimum atomic E-state index is -3.95. The third-order valence-corrected chi connectivity index (χ3v) is 5.44. The second-order valence-corrected chi connectivity index (χ2v) is 8.20. The van der Waals surface area contributed by atoms with E-state index >= 15 is 0 Å². The molecule has 0 aliphatic carbocycles. The molecule has 2 N–H and O–H groups in total. The second-order valence-electron chi connectivity index (χ2n) is 6.43. The number of hydrogen-bond donors (Lipinski definition) is 2. The smallest absolute Gasteiger partial charge is 0.326 e. The minimum Gasteiger partial charge on any atom is -0.486 e. The molecule has 9 nitrogen and oxygen atoms in total. The SMILES string of the molecule is O=P(O)(O)CCN1CCN(c2ncnc3cc4c(cc23)OCCO4)CC1. The quantitative estimate of drug-likeness (QED) is 0.741. The number of aromatic nitrogens is 2. The summed E-state index contributed by atoms with van der Waals surface area (Å²) in [6.07, 6.45) is 1.45. The molecule has 1 aromatic heterocycles. The number of benzene rings is 1. The predicted molar refractivity (Wildman–Crippen MR) is 96.1 cm³/mol. The molecule has 2 aromatic rings. The monoisotopic (exact) mass is 380 g/mol. The van der Waals surface area contributed by atoms with Crippen LogP contribution in [0.25, 0.3) is 10.9 Å². The molecular weight excluding hydrogens is 359 g/mol. The highest BCUT2D eigenvalue weighted by molar-refractivity contribution is 7.51. The molecule has 0 spiro atoms. The highest BCUT2D eigenvalue weighted by Crippen LogP contribution is 2.37. The van der Waals surface area contributed by atoms with Crippen LogP contribution in [0.15, 0.2) is 18.5 Å². The fourth-order valence-electron chi connectivity index (χ4n) is 3.29. The third kappa shape index (κ3) is 3.76. The fraction of sp³-hybridized carbons (Fsp3) is 0.500. The molecule has 1 saturated heterocycles. The summed E-state index contributed by atoms with van der Waals surface area (Å²) in [4.78, 5) is 31.1. The van der Waals surface area contributed by atoms with Gasteiger partial charge < -0.3 is 24.2 Å². The zero-order chi connectivity index (χ0) is 18.1. The van der Waals surface area contributed by atoms with Crippen LogP contribution in [0.1, 0.15) is 0 Å². The van der Waals surface area contributed by atoms with Gasteiger partial charge in [0.1, 0.15) is 25.4 Å². The van der Waals surface area contributed by atoms with Crippen LogP contribution in [0, 0.1) is 0 Å². The number of anilines is 1. The van der Waals surface area contributed by atoms with Gasteiger partial charge in [0.25, 0.3) is 0 Å². The molecule has 0 amide bonds. The van der Waals surface area contributed by atoms with Gasteiger partial charge in [0, 0.05) is 44.2 Å². The Balaban J connectivity index is 1.52. The van der Waals surface area contributed by atoms with Gasteiger partial charge >= 0.3 is 7.60 Å². The maximum absolute atomic E-state index is 11.0. The largest absolute Gasteiger partial charge is 0.486 e. The van der Waals surface area contributed by atoms with Crippen molar-refractivity contribution in [1.82, 2.24) is 14.9 Å². The molecule has 0 radical (unpaired) electrons. The van der Waals surface area contributed by atoms with Gasteiger partial charge in [0.15, 0.2) is 11.5 Å². The average molecular weight is 380 g/mol. The van der Waals surface area contributed by atoms with Gasteiger partial charge in [0.2, 0.25) is 0 Å². The van der Waals surface area contributed by atoms with Gasteiger partial charge in [-0.2, -0.15) is 0 Å². The number of fused-ring (bicyclic) bond motifs is 2. The van der Waals surface area contributed by atoms with E-state index in [1.165, 1.54) is 0 Å². The normalized spacial score (nSPS) is 18.3. The Kier molecular flexibility index (Phi) is 4.71. The molecule has 140 valence electrons. The standard InChI is InChI=1S/C16H21N4O5P/c21-26(22,23)8-5-19-1-3-20(4-2-19)16-12-9-14-15(25-7-6-24-14)10-13(12)17-11-18-16/h9-11H,1-8H2,(H2,21,22,23). The van der Waals surface area contributed by atoms with Crippen LogP contribution in [-0.4, -0.2) is 76.8 Å². The first kappa shape index (κ1) is 17.5. The van der Waals surface area contributed by atoms with Gasteiger partial charge in [-0.25, -0.2) is 9.97 Å². The van der Waals surface area contributed by atoms with Gasteiger partial charge in [-0.05, 0) is 6.07 Å². The Morgan fingerprint density at radius 2 is 1.73 bits per heavy atom. The predicted octanol–water partition coefficient (Wildman–Crippen LogP) is 0.701. The van der Waals surface area contributed by atoms with E-state index in [9.17, 15) is 4.57 Å². The number of hydrogen-bond acceptors (Lipinski definition) is 7. The van der Waals surface area contributed by atoms with E-state index in [1.807, 2.05) is 12.1 Å². The fourth-order valence-corrected chi connectivity index (χ4v) is 3.83. The molecule has 0 unspecified atom stereocenters. The molecule has 1 fully saturated rings. The van der Waals surface area contributed by atoms with Gasteiger partial charge in [0.05, 0.1) is 11.7 Å². The van der Waals surface area contributed by atoms with Crippen LogP contribution >= 0.6 is 7.60 Å². The highest BCUT2D eigenvalue weighted by atomic mass is 31.2. The van der Waals surface area contributed by atoms with E-state index in [-0.39, 0.29) is 6.16 Å². The van der Waals surface area contributed by atoms with E-state index in [1.54, 1.807) is 6.33 Å². The molecule has 3 heterocycles. The average Bonchev–Trinajstić information content (AvgIpc) is 2.64. The minimum absolute atomic E-state index is 0.104. The maximum Gasteiger partial charge on any atom is 0.326 e. The summed E-state index contributed by atoms with van der Waals surface area (Å²) in [5.41, 5.74) is 0.808. The first-order valence-electron chi connectivity index (χ1n) is 8.56. The summed E-state index contributed by atoms with van der Waals surface area (Å²) >= 11 is 0. The van der Waals surface area contributed by atoms with Crippen LogP contribution in [0.4, 0.5) is 5.82 Å². The van der Waals surface area contributed by atoms with Crippen molar-refractivity contribution < 1.29 is 23.8 Å². The van der Waals surface area contributed by atoms with E-state index < -0.39 is 7.60 Å². The number of ether oxygens (including phenoxy) is 2. The second kappa shape index (κ2) is 7.00. The first-order chi connectivity index (χ1) is 12.5. The Bertz CT molecular complexity index is 850. The van der Waals surface area contributed by atoms with Gasteiger partial charge in [-0.1, -0.05) is 0 Å².